The molecule has 0 radical (unpaired) electrons. The molecule has 0 saturated carbocycles. The number of aliphatic imine (C=N–C) groups is 1. The van der Waals surface area contributed by atoms with Gasteiger partial charge < -0.3 is 27.4 Å². The number of nitrogens with two attached hydrogens (primary N) is 3. The third-order valence-electron chi connectivity index (χ3n) is 3.53. The van der Waals surface area contributed by atoms with Crippen LogP contribution >= 0.6 is 0 Å². The van der Waals surface area contributed by atoms with Crippen LogP contribution in [-0.2, 0) is 9.59 Å². The molecule has 0 aromatic carbocycles. The molecule has 0 amide bonds. The number of hydrogen-bond donors (Lipinski definition) is 5. The molecule has 0 saturated heterocycles. The van der Waals surface area contributed by atoms with E-state index >= 15 is 0 Å². The second-order valence-corrected chi connectivity index (χ2v) is 6.01. The molecule has 0 unspecified atom stereocenters. The summed E-state index contributed by atoms with van der Waals surface area (Å²) in [5.41, 5.74) is 15.3. The molecule has 1 atom stereocenters. The van der Waals surface area contributed by atoms with E-state index in [9.17, 15) is 9.59 Å². The van der Waals surface area contributed by atoms with Crippen LogP contribution in [0, 0.1) is 0 Å². The van der Waals surface area contributed by atoms with Gasteiger partial charge in [-0.1, -0.05) is 51.9 Å². The number of carboxylic acids is 2. The third kappa shape index (κ3) is 24.5. The Bertz CT molecular complexity index is 372. The van der Waals surface area contributed by atoms with Gasteiger partial charge in [-0.15, -0.1) is 0 Å². The maximum absolute atomic E-state index is 10.2. The van der Waals surface area contributed by atoms with Crippen LogP contribution < -0.4 is 17.2 Å². The Kier molecular flexibility index (Phi) is 18.8. The number of hydrogen-bond acceptors (Lipinski definition) is 4. The first-order valence-corrected chi connectivity index (χ1v) is 9.06. The average Bonchev–Trinajstić information content (AvgIpc) is 2.54. The van der Waals surface area contributed by atoms with Gasteiger partial charge in [-0.2, -0.15) is 0 Å². The van der Waals surface area contributed by atoms with Crippen LogP contribution in [-0.4, -0.2) is 40.7 Å². The number of rotatable bonds is 14. The monoisotopic (exact) mass is 360 g/mol. The molecule has 0 fully saturated rings. The standard InChI is InChI=1S/C11H22O2.C6H14N4O2/c1-2-3-4-5-6-7-8-9-10-11(12)13;7-4(5(11)12)2-1-3-10-6(8)9/h2-10H2,1H3,(H,12,13);4H,1-3,7H2,(H,11,12)(H4,8,9,10)/t;4-/m.0/s1. The van der Waals surface area contributed by atoms with Gasteiger partial charge in [0.05, 0.1) is 0 Å². The lowest BCUT2D eigenvalue weighted by Crippen LogP contribution is -2.30. The lowest BCUT2D eigenvalue weighted by atomic mass is 10.1. The summed E-state index contributed by atoms with van der Waals surface area (Å²) < 4.78 is 0. The molecule has 0 aliphatic heterocycles. The molecule has 8 heteroatoms. The van der Waals surface area contributed by atoms with Crippen LogP contribution in [0.1, 0.15) is 77.6 Å². The fourth-order valence-electron chi connectivity index (χ4n) is 2.05. The van der Waals surface area contributed by atoms with Crippen molar-refractivity contribution >= 4 is 17.9 Å². The molecule has 25 heavy (non-hydrogen) atoms. The summed E-state index contributed by atoms with van der Waals surface area (Å²) in [4.78, 5) is 24.1. The number of guanidine groups is 1. The molecule has 0 rings (SSSR count). The van der Waals surface area contributed by atoms with E-state index in [4.69, 9.17) is 27.4 Å². The van der Waals surface area contributed by atoms with Gasteiger partial charge in [-0.3, -0.25) is 14.6 Å². The summed E-state index contributed by atoms with van der Waals surface area (Å²) in [6, 6.07) is -0.820. The summed E-state index contributed by atoms with van der Waals surface area (Å²) in [7, 11) is 0. The van der Waals surface area contributed by atoms with Crippen molar-refractivity contribution in [3.63, 3.8) is 0 Å². The van der Waals surface area contributed by atoms with E-state index in [-0.39, 0.29) is 5.96 Å². The van der Waals surface area contributed by atoms with Crippen molar-refractivity contribution in [2.24, 2.45) is 22.2 Å². The number of aliphatic carboxylic acids is 2. The average molecular weight is 360 g/mol. The first-order valence-electron chi connectivity index (χ1n) is 9.06. The van der Waals surface area contributed by atoms with Gasteiger partial charge in [0, 0.05) is 13.0 Å². The van der Waals surface area contributed by atoms with Gasteiger partial charge in [-0.05, 0) is 19.3 Å². The van der Waals surface area contributed by atoms with Crippen molar-refractivity contribution in [1.82, 2.24) is 0 Å². The summed E-state index contributed by atoms with van der Waals surface area (Å²) in [5.74, 6) is -1.65. The van der Waals surface area contributed by atoms with E-state index in [1.165, 1.54) is 38.5 Å². The highest BCUT2D eigenvalue weighted by Gasteiger charge is 2.09. The fourth-order valence-corrected chi connectivity index (χ4v) is 2.05. The minimum absolute atomic E-state index is 0.0129. The molecule has 0 aromatic rings. The number of nitrogens with zero attached hydrogens (tertiary/aromatic N) is 1. The van der Waals surface area contributed by atoms with Gasteiger partial charge in [0.2, 0.25) is 0 Å². The molecule has 0 heterocycles. The Hall–Kier alpha value is -1.83. The maximum Gasteiger partial charge on any atom is 0.320 e. The second kappa shape index (κ2) is 18.5. The smallest absolute Gasteiger partial charge is 0.320 e. The van der Waals surface area contributed by atoms with Crippen molar-refractivity contribution in [1.29, 1.82) is 0 Å². The first-order chi connectivity index (χ1) is 11.8. The molecule has 0 aliphatic rings. The maximum atomic E-state index is 10.2. The lowest BCUT2D eigenvalue weighted by molar-refractivity contribution is -0.139. The molecule has 148 valence electrons. The Labute approximate surface area is 150 Å². The minimum atomic E-state index is -1.00. The minimum Gasteiger partial charge on any atom is -0.481 e. The molecule has 0 aliphatic carbocycles. The topological polar surface area (TPSA) is 165 Å². The van der Waals surface area contributed by atoms with Crippen molar-refractivity contribution < 1.29 is 19.8 Å². The highest BCUT2D eigenvalue weighted by Crippen LogP contribution is 2.09. The summed E-state index contributed by atoms with van der Waals surface area (Å²) >= 11 is 0. The lowest BCUT2D eigenvalue weighted by Gasteiger charge is -2.03. The summed E-state index contributed by atoms with van der Waals surface area (Å²) in [6.07, 6.45) is 11.0. The van der Waals surface area contributed by atoms with Gasteiger partial charge in [-0.25, -0.2) is 0 Å². The zero-order valence-corrected chi connectivity index (χ0v) is 15.5. The molecule has 0 aromatic heterocycles. The summed E-state index contributed by atoms with van der Waals surface area (Å²) in [6.45, 7) is 2.64. The van der Waals surface area contributed by atoms with Crippen LogP contribution in [0.15, 0.2) is 4.99 Å². The van der Waals surface area contributed by atoms with Gasteiger partial charge in [0.1, 0.15) is 6.04 Å². The van der Waals surface area contributed by atoms with Crippen molar-refractivity contribution in [3.05, 3.63) is 0 Å². The van der Waals surface area contributed by atoms with Gasteiger partial charge >= 0.3 is 11.9 Å². The largest absolute Gasteiger partial charge is 0.481 e. The third-order valence-corrected chi connectivity index (χ3v) is 3.53. The molecule has 0 spiro atoms. The fraction of sp³-hybridized carbons (Fsp3) is 0.824. The van der Waals surface area contributed by atoms with E-state index in [0.717, 1.165) is 12.8 Å². The normalized spacial score (nSPS) is 11.1. The van der Waals surface area contributed by atoms with Gasteiger partial charge in [0.15, 0.2) is 5.96 Å². The van der Waals surface area contributed by atoms with Crippen LogP contribution in [0.25, 0.3) is 0 Å². The van der Waals surface area contributed by atoms with E-state index in [0.29, 0.717) is 25.8 Å². The predicted octanol–water partition coefficient (Wildman–Crippen LogP) is 2.05. The van der Waals surface area contributed by atoms with Crippen molar-refractivity contribution in [3.8, 4) is 0 Å². The Balaban J connectivity index is 0. The van der Waals surface area contributed by atoms with E-state index < -0.39 is 18.0 Å². The number of carbonyl (C=O) groups is 2. The molecule has 8 N–H and O–H groups in total. The molecular weight excluding hydrogens is 324 g/mol. The van der Waals surface area contributed by atoms with E-state index in [2.05, 4.69) is 11.9 Å². The first kappa shape index (κ1) is 25.4. The van der Waals surface area contributed by atoms with Crippen LogP contribution in [0.5, 0.6) is 0 Å². The molecular formula is C17H36N4O4. The van der Waals surface area contributed by atoms with Crippen LogP contribution in [0.4, 0.5) is 0 Å². The Morgan fingerprint density at radius 1 is 0.920 bits per heavy atom. The second-order valence-electron chi connectivity index (χ2n) is 6.01. The van der Waals surface area contributed by atoms with E-state index in [1.54, 1.807) is 0 Å². The Morgan fingerprint density at radius 3 is 1.88 bits per heavy atom. The van der Waals surface area contributed by atoms with Crippen molar-refractivity contribution in [2.45, 2.75) is 83.6 Å². The SMILES string of the molecule is CCCCCCCCCCC(=O)O.NC(N)=NCCC[C@H](N)C(=O)O. The van der Waals surface area contributed by atoms with Crippen LogP contribution in [0.3, 0.4) is 0 Å². The predicted molar refractivity (Wildman–Crippen MR) is 100 cm³/mol. The van der Waals surface area contributed by atoms with Crippen molar-refractivity contribution in [2.75, 3.05) is 6.54 Å². The van der Waals surface area contributed by atoms with E-state index in [1.807, 2.05) is 0 Å². The Morgan fingerprint density at radius 2 is 1.44 bits per heavy atom. The molecule has 0 bridgehead atoms. The number of carboxylic acid groups (broad SMARTS) is 2. The zero-order valence-electron chi connectivity index (χ0n) is 15.5. The highest BCUT2D eigenvalue weighted by molar-refractivity contribution is 5.75. The van der Waals surface area contributed by atoms with Crippen LogP contribution in [0.2, 0.25) is 0 Å². The highest BCUT2D eigenvalue weighted by atomic mass is 16.4. The van der Waals surface area contributed by atoms with Gasteiger partial charge in [0.25, 0.3) is 0 Å². The number of unbranched alkanes of at least 4 members (excludes halogenated alkanes) is 7. The quantitative estimate of drug-likeness (QED) is 0.179. The summed E-state index contributed by atoms with van der Waals surface area (Å²) in [5, 5.41) is 16.8. The zero-order chi connectivity index (χ0) is 19.5. The molecule has 8 nitrogen and oxygen atoms in total.